The van der Waals surface area contributed by atoms with E-state index in [1.54, 1.807) is 0 Å². The van der Waals surface area contributed by atoms with Crippen LogP contribution in [0.5, 0.6) is 0 Å². The Balaban J connectivity index is 0.775. The van der Waals surface area contributed by atoms with Crippen LogP contribution in [0.3, 0.4) is 0 Å². The maximum Gasteiger partial charge on any atom is 0.0159 e. The number of allylic oxidation sites excluding steroid dienone is 3. The number of hydrogen-bond acceptors (Lipinski definition) is 0. The van der Waals surface area contributed by atoms with Gasteiger partial charge in [-0.05, 0) is 203 Å². The molecule has 0 heterocycles. The minimum absolute atomic E-state index is 0.130. The van der Waals surface area contributed by atoms with Crippen LogP contribution < -0.4 is 0 Å². The van der Waals surface area contributed by atoms with Crippen LogP contribution in [0.2, 0.25) is 0 Å². The molecule has 310 valence electrons. The van der Waals surface area contributed by atoms with Gasteiger partial charge in [0, 0.05) is 10.8 Å². The Morgan fingerprint density at radius 3 is 1.61 bits per heavy atom. The van der Waals surface area contributed by atoms with Gasteiger partial charge < -0.3 is 0 Å². The lowest BCUT2D eigenvalue weighted by molar-refractivity contribution is 0.652. The Hall–Kier alpha value is -7.54. The molecule has 66 heavy (non-hydrogen) atoms. The molecule has 4 aliphatic carbocycles. The van der Waals surface area contributed by atoms with Crippen molar-refractivity contribution in [2.24, 2.45) is 0 Å². The van der Waals surface area contributed by atoms with E-state index in [0.717, 1.165) is 12.8 Å². The molecule has 0 unspecified atom stereocenters. The molecule has 0 amide bonds. The van der Waals surface area contributed by atoms with Crippen molar-refractivity contribution >= 4 is 65.5 Å². The molecule has 0 atom stereocenters. The molecule has 0 aliphatic heterocycles. The average molecular weight is 839 g/mol. The van der Waals surface area contributed by atoms with E-state index in [1.807, 2.05) is 0 Å². The van der Waals surface area contributed by atoms with Gasteiger partial charge in [-0.3, -0.25) is 0 Å². The largest absolute Gasteiger partial charge is 0.0795 e. The number of hydrogen-bond donors (Lipinski definition) is 0. The fourth-order valence-electron chi connectivity index (χ4n) is 13.2. The van der Waals surface area contributed by atoms with Crippen molar-refractivity contribution in [2.45, 2.75) is 51.4 Å². The van der Waals surface area contributed by atoms with Gasteiger partial charge in [0.1, 0.15) is 0 Å². The highest BCUT2D eigenvalue weighted by molar-refractivity contribution is 6.25. The van der Waals surface area contributed by atoms with Gasteiger partial charge in [-0.2, -0.15) is 0 Å². The van der Waals surface area contributed by atoms with Gasteiger partial charge in [0.15, 0.2) is 0 Å². The third-order valence-corrected chi connectivity index (χ3v) is 16.6. The van der Waals surface area contributed by atoms with E-state index in [0.29, 0.717) is 0 Å². The van der Waals surface area contributed by atoms with Crippen LogP contribution in [-0.2, 0) is 17.3 Å². The van der Waals surface area contributed by atoms with E-state index < -0.39 is 0 Å². The highest BCUT2D eigenvalue weighted by Crippen LogP contribution is 2.57. The summed E-state index contributed by atoms with van der Waals surface area (Å²) in [5.41, 5.74) is 24.4. The summed E-state index contributed by atoms with van der Waals surface area (Å²) in [5.74, 6) is 0. The average Bonchev–Trinajstić information content (AvgIpc) is 3.71. The quantitative estimate of drug-likeness (QED) is 0.156. The van der Waals surface area contributed by atoms with Gasteiger partial charge in [0.25, 0.3) is 0 Å². The van der Waals surface area contributed by atoms with Crippen LogP contribution >= 0.6 is 0 Å². The monoisotopic (exact) mass is 838 g/mol. The van der Waals surface area contributed by atoms with E-state index in [9.17, 15) is 0 Å². The summed E-state index contributed by atoms with van der Waals surface area (Å²) in [4.78, 5) is 0. The van der Waals surface area contributed by atoms with E-state index in [4.69, 9.17) is 0 Å². The summed E-state index contributed by atoms with van der Waals surface area (Å²) in [6, 6.07) is 63.5. The molecule has 0 N–H and O–H groups in total. The molecule has 0 heteroatoms. The second kappa shape index (κ2) is 12.6. The van der Waals surface area contributed by atoms with Crippen LogP contribution in [0.4, 0.5) is 0 Å². The molecule has 11 aromatic carbocycles. The zero-order chi connectivity index (χ0) is 43.8. The van der Waals surface area contributed by atoms with Gasteiger partial charge in [-0.1, -0.05) is 173 Å². The molecule has 0 fully saturated rings. The molecule has 0 saturated heterocycles. The van der Waals surface area contributed by atoms with Crippen molar-refractivity contribution in [3.63, 3.8) is 0 Å². The Kier molecular flexibility index (Phi) is 7.03. The zero-order valence-electron chi connectivity index (χ0n) is 37.7. The Labute approximate surface area is 385 Å². The van der Waals surface area contributed by atoms with Crippen molar-refractivity contribution in [1.82, 2.24) is 0 Å². The van der Waals surface area contributed by atoms with Gasteiger partial charge in [-0.15, -0.1) is 0 Å². The Morgan fingerprint density at radius 2 is 0.864 bits per heavy atom. The maximum atomic E-state index is 2.55. The van der Waals surface area contributed by atoms with Crippen LogP contribution in [0.1, 0.15) is 73.1 Å². The van der Waals surface area contributed by atoms with Crippen LogP contribution in [-0.4, -0.2) is 0 Å². The van der Waals surface area contributed by atoms with Gasteiger partial charge in [-0.25, -0.2) is 0 Å². The summed E-state index contributed by atoms with van der Waals surface area (Å²) in [5, 5.41) is 13.3. The molecule has 0 aromatic heterocycles. The number of benzene rings is 11. The van der Waals surface area contributed by atoms with E-state index >= 15 is 0 Å². The SMILES string of the molecule is CC1(C)c2cc(-c3ccc4cc(-c5ccc6ccc7cccc8ccc5c6c78)ccc4c3)ccc2-c2cc3c(cc21)-c1ccc(-c2ccc4c5c6c(ccc25)C=CCC6=CC4)cc1C3(C)C. The molecule has 0 radical (unpaired) electrons. The first-order valence-corrected chi connectivity index (χ1v) is 23.8. The molecular weight excluding hydrogens is 793 g/mol. The zero-order valence-corrected chi connectivity index (χ0v) is 37.7. The highest BCUT2D eigenvalue weighted by atomic mass is 14.4. The lowest BCUT2D eigenvalue weighted by Gasteiger charge is -2.25. The number of fused-ring (bicyclic) bond motifs is 7. The summed E-state index contributed by atoms with van der Waals surface area (Å²) < 4.78 is 0. The molecule has 0 nitrogen and oxygen atoms in total. The van der Waals surface area contributed by atoms with Crippen molar-refractivity contribution in [1.29, 1.82) is 0 Å². The molecule has 15 rings (SSSR count). The second-order valence-corrected chi connectivity index (χ2v) is 20.7. The van der Waals surface area contributed by atoms with Crippen LogP contribution in [0.15, 0.2) is 176 Å². The van der Waals surface area contributed by atoms with E-state index in [1.165, 1.54) is 154 Å². The van der Waals surface area contributed by atoms with Gasteiger partial charge in [0.05, 0.1) is 0 Å². The van der Waals surface area contributed by atoms with Crippen molar-refractivity contribution in [3.05, 3.63) is 215 Å². The smallest absolute Gasteiger partial charge is 0.0159 e. The maximum absolute atomic E-state index is 2.55. The minimum atomic E-state index is -0.137. The fraction of sp³-hybridized carbons (Fsp3) is 0.121. The van der Waals surface area contributed by atoms with Gasteiger partial charge >= 0.3 is 0 Å². The minimum Gasteiger partial charge on any atom is -0.0795 e. The summed E-state index contributed by atoms with van der Waals surface area (Å²) in [6.07, 6.45) is 9.13. The molecular formula is C66H46. The van der Waals surface area contributed by atoms with Crippen molar-refractivity contribution < 1.29 is 0 Å². The summed E-state index contributed by atoms with van der Waals surface area (Å²) in [7, 11) is 0. The van der Waals surface area contributed by atoms with Gasteiger partial charge in [0.2, 0.25) is 0 Å². The van der Waals surface area contributed by atoms with Crippen molar-refractivity contribution in [2.75, 3.05) is 0 Å². The predicted molar refractivity (Wildman–Crippen MR) is 282 cm³/mol. The number of rotatable bonds is 3. The van der Waals surface area contributed by atoms with Crippen LogP contribution in [0, 0.1) is 0 Å². The van der Waals surface area contributed by atoms with E-state index in [2.05, 4.69) is 210 Å². The lowest BCUT2D eigenvalue weighted by Crippen LogP contribution is -2.17. The third-order valence-electron chi connectivity index (χ3n) is 16.6. The normalized spacial score (nSPS) is 15.7. The Bertz CT molecular complexity index is 4070. The fourth-order valence-corrected chi connectivity index (χ4v) is 13.2. The topological polar surface area (TPSA) is 0 Å². The first-order chi connectivity index (χ1) is 32.2. The standard InChI is InChI=1S/C66H46/c1-65(2)57-33-46(44-15-16-45-32-47(18-17-43(45)31-44)49-25-19-41-13-11-37-7-5-9-39-21-29-53(49)63(41)61(37)39)23-27-51(57)55-35-60-56(36-59(55)65)52-28-24-48(34-58(52)66(60,3)4)50-26-20-42-14-12-38-8-6-10-40-22-30-54(50)64(42)62(38)40/h5-7,9-13,15-36H,8,14H2,1-4H3. The first kappa shape index (κ1) is 36.8. The van der Waals surface area contributed by atoms with Crippen molar-refractivity contribution in [3.8, 4) is 55.6 Å². The highest BCUT2D eigenvalue weighted by Gasteiger charge is 2.42. The molecule has 0 bridgehead atoms. The molecule has 0 saturated carbocycles. The first-order valence-electron chi connectivity index (χ1n) is 23.8. The third kappa shape index (κ3) is 4.79. The Morgan fingerprint density at radius 1 is 0.364 bits per heavy atom. The second-order valence-electron chi connectivity index (χ2n) is 20.7. The molecule has 0 spiro atoms. The predicted octanol–water partition coefficient (Wildman–Crippen LogP) is 17.9. The van der Waals surface area contributed by atoms with E-state index in [-0.39, 0.29) is 10.8 Å². The summed E-state index contributed by atoms with van der Waals surface area (Å²) >= 11 is 0. The lowest BCUT2D eigenvalue weighted by atomic mass is 9.78. The summed E-state index contributed by atoms with van der Waals surface area (Å²) in [6.45, 7) is 9.73. The molecule has 11 aromatic rings. The molecule has 4 aliphatic rings. The van der Waals surface area contributed by atoms with Crippen LogP contribution in [0.25, 0.3) is 121 Å².